The lowest BCUT2D eigenvalue weighted by Crippen LogP contribution is -2.20. The van der Waals surface area contributed by atoms with Crippen LogP contribution in [0.5, 0.6) is 0 Å². The lowest BCUT2D eigenvalue weighted by Gasteiger charge is -1.99. The Kier molecular flexibility index (Phi) is 7.29. The average Bonchev–Trinajstić information content (AvgIpc) is 2.37. The first-order valence-corrected chi connectivity index (χ1v) is 6.42. The summed E-state index contributed by atoms with van der Waals surface area (Å²) >= 11 is 0. The Morgan fingerprint density at radius 1 is 1.17 bits per heavy atom. The number of carbonyl (C=O) groups is 1. The summed E-state index contributed by atoms with van der Waals surface area (Å²) < 4.78 is 0. The molecule has 0 spiro atoms. The molecule has 2 nitrogen and oxygen atoms in total. The number of carbonyl (C=O) groups excluding carboxylic acids is 1. The van der Waals surface area contributed by atoms with Gasteiger partial charge >= 0.3 is 0 Å². The summed E-state index contributed by atoms with van der Waals surface area (Å²) in [4.78, 5) is 10.6. The summed E-state index contributed by atoms with van der Waals surface area (Å²) in [6, 6.07) is 10.2. The van der Waals surface area contributed by atoms with Crippen LogP contribution < -0.4 is 5.32 Å². The summed E-state index contributed by atoms with van der Waals surface area (Å²) in [6.07, 6.45) is 11.6. The Morgan fingerprint density at radius 3 is 2.67 bits per heavy atom. The van der Waals surface area contributed by atoms with Gasteiger partial charge in [-0.05, 0) is 24.8 Å². The van der Waals surface area contributed by atoms with Gasteiger partial charge in [0.2, 0.25) is 5.91 Å². The van der Waals surface area contributed by atoms with Crippen LogP contribution in [-0.4, -0.2) is 12.5 Å². The third-order valence-corrected chi connectivity index (χ3v) is 2.51. The van der Waals surface area contributed by atoms with Crippen molar-refractivity contribution in [3.05, 3.63) is 54.1 Å². The number of hydrogen-bond acceptors (Lipinski definition) is 1. The fourth-order valence-electron chi connectivity index (χ4n) is 1.56. The number of unbranched alkanes of at least 4 members (excludes halogenated alkanes) is 2. The van der Waals surface area contributed by atoms with Gasteiger partial charge in [0.05, 0.1) is 0 Å². The molecule has 0 atom stereocenters. The maximum absolute atomic E-state index is 10.6. The summed E-state index contributed by atoms with van der Waals surface area (Å²) in [7, 11) is 0. The quantitative estimate of drug-likeness (QED) is 0.576. The van der Waals surface area contributed by atoms with Crippen LogP contribution in [0.4, 0.5) is 0 Å². The lowest BCUT2D eigenvalue weighted by atomic mass is 10.2. The van der Waals surface area contributed by atoms with Crippen molar-refractivity contribution in [2.45, 2.75) is 26.2 Å². The van der Waals surface area contributed by atoms with Gasteiger partial charge in [-0.25, -0.2) is 0 Å². The minimum atomic E-state index is 0.0522. The molecule has 2 heteroatoms. The zero-order valence-corrected chi connectivity index (χ0v) is 10.9. The molecule has 1 N–H and O–H groups in total. The maximum atomic E-state index is 10.6. The van der Waals surface area contributed by atoms with Crippen molar-refractivity contribution in [2.24, 2.45) is 0 Å². The van der Waals surface area contributed by atoms with Gasteiger partial charge < -0.3 is 5.32 Å². The van der Waals surface area contributed by atoms with E-state index in [1.807, 2.05) is 18.2 Å². The molecule has 18 heavy (non-hydrogen) atoms. The normalized spacial score (nSPS) is 11.2. The molecule has 0 fully saturated rings. The summed E-state index contributed by atoms with van der Waals surface area (Å²) in [5.74, 6) is 0.0522. The highest BCUT2D eigenvalue weighted by Crippen LogP contribution is 2.01. The zero-order valence-electron chi connectivity index (χ0n) is 10.9. The first kappa shape index (κ1) is 14.2. The Balaban J connectivity index is 2.07. The van der Waals surface area contributed by atoms with E-state index in [-0.39, 0.29) is 5.91 Å². The fourth-order valence-corrected chi connectivity index (χ4v) is 1.56. The van der Waals surface area contributed by atoms with Crippen LogP contribution in [0.3, 0.4) is 0 Å². The molecule has 0 saturated carbocycles. The molecule has 1 amide bonds. The molecular weight excluding hydrogens is 222 g/mol. The number of hydrogen-bond donors (Lipinski definition) is 1. The molecule has 96 valence electrons. The van der Waals surface area contributed by atoms with E-state index < -0.39 is 0 Å². The SMILES string of the molecule is CC(=O)NCCCC/C=C/C=C\c1ccccc1. The van der Waals surface area contributed by atoms with Crippen LogP contribution in [0, 0.1) is 0 Å². The number of rotatable bonds is 7. The van der Waals surface area contributed by atoms with Gasteiger partial charge in [-0.1, -0.05) is 54.6 Å². The second-order valence-corrected chi connectivity index (χ2v) is 4.18. The molecule has 0 saturated heterocycles. The monoisotopic (exact) mass is 243 g/mol. The molecule has 0 aliphatic rings. The fraction of sp³-hybridized carbons (Fsp3) is 0.312. The van der Waals surface area contributed by atoms with Crippen molar-refractivity contribution >= 4 is 12.0 Å². The minimum absolute atomic E-state index is 0.0522. The van der Waals surface area contributed by atoms with Crippen molar-refractivity contribution in [2.75, 3.05) is 6.54 Å². The van der Waals surface area contributed by atoms with E-state index in [0.717, 1.165) is 25.8 Å². The number of benzene rings is 1. The Hall–Kier alpha value is -1.83. The van der Waals surface area contributed by atoms with Crippen LogP contribution in [0.1, 0.15) is 31.7 Å². The van der Waals surface area contributed by atoms with Crippen LogP contribution in [0.25, 0.3) is 6.08 Å². The largest absolute Gasteiger partial charge is 0.356 e. The summed E-state index contributed by atoms with van der Waals surface area (Å²) in [5.41, 5.74) is 1.22. The van der Waals surface area contributed by atoms with Gasteiger partial charge in [-0.3, -0.25) is 4.79 Å². The van der Waals surface area contributed by atoms with Gasteiger partial charge in [0.15, 0.2) is 0 Å². The van der Waals surface area contributed by atoms with Crippen LogP contribution in [0.2, 0.25) is 0 Å². The maximum Gasteiger partial charge on any atom is 0.216 e. The Bertz CT molecular complexity index is 393. The highest BCUT2D eigenvalue weighted by Gasteiger charge is 1.89. The van der Waals surface area contributed by atoms with Gasteiger partial charge in [-0.2, -0.15) is 0 Å². The third-order valence-electron chi connectivity index (χ3n) is 2.51. The topological polar surface area (TPSA) is 29.1 Å². The molecule has 1 aromatic rings. The molecule has 0 aliphatic heterocycles. The van der Waals surface area contributed by atoms with Gasteiger partial charge in [-0.15, -0.1) is 0 Å². The van der Waals surface area contributed by atoms with Crippen molar-refractivity contribution < 1.29 is 4.79 Å². The van der Waals surface area contributed by atoms with Crippen molar-refractivity contribution in [3.63, 3.8) is 0 Å². The second-order valence-electron chi connectivity index (χ2n) is 4.18. The van der Waals surface area contributed by atoms with Gasteiger partial charge in [0, 0.05) is 13.5 Å². The summed E-state index contributed by atoms with van der Waals surface area (Å²) in [6.45, 7) is 2.33. The molecular formula is C16H21NO. The Morgan fingerprint density at radius 2 is 1.94 bits per heavy atom. The first-order chi connectivity index (χ1) is 8.79. The number of amides is 1. The molecule has 0 aliphatic carbocycles. The average molecular weight is 243 g/mol. The molecule has 0 heterocycles. The van der Waals surface area contributed by atoms with E-state index in [1.165, 1.54) is 5.56 Å². The van der Waals surface area contributed by atoms with E-state index in [1.54, 1.807) is 6.92 Å². The predicted molar refractivity (Wildman–Crippen MR) is 77.2 cm³/mol. The van der Waals surface area contributed by atoms with Crippen LogP contribution in [-0.2, 0) is 4.79 Å². The smallest absolute Gasteiger partial charge is 0.216 e. The van der Waals surface area contributed by atoms with Crippen LogP contribution in [0.15, 0.2) is 48.6 Å². The predicted octanol–water partition coefficient (Wildman–Crippen LogP) is 3.56. The highest BCUT2D eigenvalue weighted by atomic mass is 16.1. The van der Waals surface area contributed by atoms with E-state index in [9.17, 15) is 4.79 Å². The lowest BCUT2D eigenvalue weighted by molar-refractivity contribution is -0.118. The molecule has 0 aromatic heterocycles. The number of allylic oxidation sites excluding steroid dienone is 3. The Labute approximate surface area is 109 Å². The van der Waals surface area contributed by atoms with Crippen LogP contribution >= 0.6 is 0 Å². The molecule has 0 radical (unpaired) electrons. The third kappa shape index (κ3) is 7.44. The summed E-state index contributed by atoms with van der Waals surface area (Å²) in [5, 5.41) is 2.79. The number of nitrogens with one attached hydrogen (secondary N) is 1. The van der Waals surface area contributed by atoms with E-state index in [4.69, 9.17) is 0 Å². The first-order valence-electron chi connectivity index (χ1n) is 6.42. The molecule has 0 unspecified atom stereocenters. The van der Waals surface area contributed by atoms with Crippen molar-refractivity contribution in [1.82, 2.24) is 5.32 Å². The second kappa shape index (κ2) is 9.23. The molecule has 0 bridgehead atoms. The minimum Gasteiger partial charge on any atom is -0.356 e. The molecule has 1 aromatic carbocycles. The van der Waals surface area contributed by atoms with E-state index in [0.29, 0.717) is 0 Å². The van der Waals surface area contributed by atoms with Gasteiger partial charge in [0.25, 0.3) is 0 Å². The zero-order chi connectivity index (χ0) is 13.1. The van der Waals surface area contributed by atoms with Crippen molar-refractivity contribution in [3.8, 4) is 0 Å². The van der Waals surface area contributed by atoms with Crippen molar-refractivity contribution in [1.29, 1.82) is 0 Å². The standard InChI is InChI=1S/C16H21NO/c1-15(18)17-14-10-5-3-2-4-7-11-16-12-8-6-9-13-16/h2,4,6-9,11-13H,3,5,10,14H2,1H3,(H,17,18)/b4-2+,11-7-. The molecule has 1 rings (SSSR count). The van der Waals surface area contributed by atoms with E-state index in [2.05, 4.69) is 41.8 Å². The highest BCUT2D eigenvalue weighted by molar-refractivity contribution is 5.72. The van der Waals surface area contributed by atoms with E-state index >= 15 is 0 Å². The van der Waals surface area contributed by atoms with Gasteiger partial charge in [0.1, 0.15) is 0 Å².